The van der Waals surface area contributed by atoms with Crippen LogP contribution in [-0.4, -0.2) is 28.1 Å². The highest BCUT2D eigenvalue weighted by Gasteiger charge is 2.68. The molecular weight excluding hydrogens is 244 g/mol. The Kier molecular flexibility index (Phi) is 2.50. The maximum atomic E-state index is 11.8. The number of aliphatic hydroxyl groups is 2. The lowest BCUT2D eigenvalue weighted by Crippen LogP contribution is -2.62. The predicted molar refractivity (Wildman–Crippen MR) is 69.0 cm³/mol. The molecule has 0 unspecified atom stereocenters. The molecule has 3 aliphatic rings. The summed E-state index contributed by atoms with van der Waals surface area (Å²) in [6, 6.07) is 0. The third kappa shape index (κ3) is 1.39. The number of cyclic esters (lactones) is 1. The molecule has 4 atom stereocenters. The van der Waals surface area contributed by atoms with Crippen molar-refractivity contribution < 1.29 is 19.7 Å². The van der Waals surface area contributed by atoms with Crippen LogP contribution >= 0.6 is 0 Å². The summed E-state index contributed by atoms with van der Waals surface area (Å²) in [7, 11) is 0. The zero-order chi connectivity index (χ0) is 14.1. The van der Waals surface area contributed by atoms with Gasteiger partial charge in [0.05, 0.1) is 5.57 Å². The standard InChI is InChI=1S/C15H22O4/c1-13(2)7-4-8-14(3)10(13)6-5-9-11(16)19-12(17)15(9,14)18/h5,10,12,17-18H,4,6-8H2,1-3H3/t10-,12+,14+,15-/m0/s1. The molecule has 0 aromatic carbocycles. The van der Waals surface area contributed by atoms with Gasteiger partial charge in [-0.1, -0.05) is 33.3 Å². The number of carbonyl (C=O) groups excluding carboxylic acids is 1. The Morgan fingerprint density at radius 3 is 2.68 bits per heavy atom. The van der Waals surface area contributed by atoms with Gasteiger partial charge in [-0.2, -0.15) is 0 Å². The van der Waals surface area contributed by atoms with Gasteiger partial charge in [0.25, 0.3) is 0 Å². The first-order valence-corrected chi connectivity index (χ1v) is 7.05. The minimum atomic E-state index is -1.55. The first-order valence-electron chi connectivity index (χ1n) is 7.05. The van der Waals surface area contributed by atoms with Gasteiger partial charge in [0.1, 0.15) is 0 Å². The lowest BCUT2D eigenvalue weighted by Gasteiger charge is -2.58. The number of hydrogen-bond acceptors (Lipinski definition) is 4. The van der Waals surface area contributed by atoms with Crippen molar-refractivity contribution in [2.45, 2.75) is 58.3 Å². The van der Waals surface area contributed by atoms with Crippen LogP contribution in [0.15, 0.2) is 11.6 Å². The Balaban J connectivity index is 2.16. The zero-order valence-corrected chi connectivity index (χ0v) is 11.8. The summed E-state index contributed by atoms with van der Waals surface area (Å²) in [6.45, 7) is 6.42. The van der Waals surface area contributed by atoms with Gasteiger partial charge in [0.15, 0.2) is 5.60 Å². The molecule has 0 amide bonds. The number of carbonyl (C=O) groups is 1. The van der Waals surface area contributed by atoms with Crippen molar-refractivity contribution in [2.75, 3.05) is 0 Å². The maximum Gasteiger partial charge on any atom is 0.339 e. The van der Waals surface area contributed by atoms with E-state index in [1.165, 1.54) is 0 Å². The molecule has 4 nitrogen and oxygen atoms in total. The van der Waals surface area contributed by atoms with Gasteiger partial charge >= 0.3 is 5.97 Å². The van der Waals surface area contributed by atoms with Crippen LogP contribution in [0, 0.1) is 16.7 Å². The number of allylic oxidation sites excluding steroid dienone is 1. The molecule has 0 aromatic rings. The fourth-order valence-electron chi connectivity index (χ4n) is 4.76. The monoisotopic (exact) mass is 266 g/mol. The summed E-state index contributed by atoms with van der Waals surface area (Å²) in [6.07, 6.45) is 4.02. The summed E-state index contributed by atoms with van der Waals surface area (Å²) >= 11 is 0. The van der Waals surface area contributed by atoms with Crippen LogP contribution in [-0.2, 0) is 9.53 Å². The van der Waals surface area contributed by atoms with E-state index in [1.54, 1.807) is 6.08 Å². The number of hydrogen-bond donors (Lipinski definition) is 2. The minimum absolute atomic E-state index is 0.0934. The number of fused-ring (bicyclic) bond motifs is 3. The minimum Gasteiger partial charge on any atom is -0.429 e. The van der Waals surface area contributed by atoms with E-state index in [0.717, 1.165) is 25.7 Å². The van der Waals surface area contributed by atoms with Crippen molar-refractivity contribution in [1.29, 1.82) is 0 Å². The first-order chi connectivity index (χ1) is 8.73. The molecule has 0 radical (unpaired) electrons. The second kappa shape index (κ2) is 3.61. The molecular formula is C15H22O4. The Morgan fingerprint density at radius 2 is 2.00 bits per heavy atom. The Morgan fingerprint density at radius 1 is 1.32 bits per heavy atom. The maximum absolute atomic E-state index is 11.8. The van der Waals surface area contributed by atoms with Crippen molar-refractivity contribution in [3.05, 3.63) is 11.6 Å². The van der Waals surface area contributed by atoms with E-state index < -0.39 is 23.3 Å². The predicted octanol–water partition coefficient (Wildman–Crippen LogP) is 1.76. The fraction of sp³-hybridized carbons (Fsp3) is 0.800. The van der Waals surface area contributed by atoms with Gasteiger partial charge < -0.3 is 14.9 Å². The molecule has 2 aliphatic carbocycles. The highest BCUT2D eigenvalue weighted by molar-refractivity contribution is 5.94. The summed E-state index contributed by atoms with van der Waals surface area (Å²) in [5, 5.41) is 21.2. The van der Waals surface area contributed by atoms with Crippen LogP contribution in [0.5, 0.6) is 0 Å². The van der Waals surface area contributed by atoms with Crippen LogP contribution in [0.3, 0.4) is 0 Å². The van der Waals surface area contributed by atoms with Gasteiger partial charge in [-0.25, -0.2) is 4.79 Å². The number of ether oxygens (including phenoxy) is 1. The number of rotatable bonds is 0. The molecule has 1 heterocycles. The Labute approximate surface area is 113 Å². The van der Waals surface area contributed by atoms with Gasteiger partial charge in [-0.05, 0) is 30.6 Å². The van der Waals surface area contributed by atoms with Crippen molar-refractivity contribution >= 4 is 5.97 Å². The molecule has 1 saturated heterocycles. The van der Waals surface area contributed by atoms with Crippen molar-refractivity contribution in [3.63, 3.8) is 0 Å². The zero-order valence-electron chi connectivity index (χ0n) is 11.8. The lowest BCUT2D eigenvalue weighted by atomic mass is 9.47. The summed E-state index contributed by atoms with van der Waals surface area (Å²) in [5.41, 5.74) is -1.71. The van der Waals surface area contributed by atoms with E-state index in [-0.39, 0.29) is 16.9 Å². The molecule has 1 saturated carbocycles. The van der Waals surface area contributed by atoms with E-state index in [0.29, 0.717) is 0 Å². The second-order valence-electron chi connectivity index (χ2n) is 7.19. The molecule has 19 heavy (non-hydrogen) atoms. The lowest BCUT2D eigenvalue weighted by molar-refractivity contribution is -0.230. The topological polar surface area (TPSA) is 66.8 Å². The molecule has 2 N–H and O–H groups in total. The number of aliphatic hydroxyl groups excluding tert-OH is 1. The van der Waals surface area contributed by atoms with Crippen molar-refractivity contribution in [3.8, 4) is 0 Å². The van der Waals surface area contributed by atoms with Crippen LogP contribution in [0.2, 0.25) is 0 Å². The average Bonchev–Trinajstić information content (AvgIpc) is 2.52. The van der Waals surface area contributed by atoms with Crippen LogP contribution in [0.1, 0.15) is 46.5 Å². The molecule has 1 aliphatic heterocycles. The van der Waals surface area contributed by atoms with Crippen molar-refractivity contribution in [1.82, 2.24) is 0 Å². The van der Waals surface area contributed by atoms with E-state index in [4.69, 9.17) is 4.74 Å². The quantitative estimate of drug-likeness (QED) is 0.656. The highest BCUT2D eigenvalue weighted by Crippen LogP contribution is 2.63. The summed E-state index contributed by atoms with van der Waals surface area (Å²) in [4.78, 5) is 11.8. The molecule has 2 fully saturated rings. The van der Waals surface area contributed by atoms with Gasteiger partial charge in [-0.3, -0.25) is 0 Å². The number of esters is 1. The molecule has 0 bridgehead atoms. The normalized spacial score (nSPS) is 48.1. The fourth-order valence-corrected chi connectivity index (χ4v) is 4.76. The molecule has 0 spiro atoms. The van der Waals surface area contributed by atoms with E-state index >= 15 is 0 Å². The Hall–Kier alpha value is -0.870. The third-order valence-electron chi connectivity index (χ3n) is 5.86. The van der Waals surface area contributed by atoms with E-state index in [1.807, 2.05) is 6.92 Å². The summed E-state index contributed by atoms with van der Waals surface area (Å²) < 4.78 is 4.89. The molecule has 4 heteroatoms. The average molecular weight is 266 g/mol. The van der Waals surface area contributed by atoms with Gasteiger partial charge in [0.2, 0.25) is 6.29 Å². The third-order valence-corrected chi connectivity index (χ3v) is 5.86. The van der Waals surface area contributed by atoms with Crippen LogP contribution < -0.4 is 0 Å². The van der Waals surface area contributed by atoms with Crippen LogP contribution in [0.25, 0.3) is 0 Å². The van der Waals surface area contributed by atoms with Gasteiger partial charge in [0, 0.05) is 5.41 Å². The molecule has 0 aromatic heterocycles. The Bertz CT molecular complexity index is 467. The highest BCUT2D eigenvalue weighted by atomic mass is 16.7. The van der Waals surface area contributed by atoms with E-state index in [9.17, 15) is 15.0 Å². The van der Waals surface area contributed by atoms with Crippen LogP contribution in [0.4, 0.5) is 0 Å². The molecule has 3 rings (SSSR count). The smallest absolute Gasteiger partial charge is 0.339 e. The van der Waals surface area contributed by atoms with Gasteiger partial charge in [-0.15, -0.1) is 0 Å². The van der Waals surface area contributed by atoms with E-state index in [2.05, 4.69) is 13.8 Å². The first kappa shape index (κ1) is 13.1. The molecule has 106 valence electrons. The summed E-state index contributed by atoms with van der Waals surface area (Å²) in [5.74, 6) is -0.329. The van der Waals surface area contributed by atoms with Crippen molar-refractivity contribution in [2.24, 2.45) is 16.7 Å². The largest absolute Gasteiger partial charge is 0.429 e. The second-order valence-corrected chi connectivity index (χ2v) is 7.19. The SMILES string of the molecule is CC1(C)CCC[C@]2(C)[C@H]1CC=C1C(=O)O[C@@H](O)[C@@]12O.